The smallest absolute Gasteiger partial charge is 0.328 e. The first kappa shape index (κ1) is 16.7. The van der Waals surface area contributed by atoms with Crippen LogP contribution in [-0.2, 0) is 9.59 Å². The molecule has 0 saturated heterocycles. The summed E-state index contributed by atoms with van der Waals surface area (Å²) in [7, 11) is 1.54. The molecule has 6 nitrogen and oxygen atoms in total. The molecule has 0 saturated carbocycles. The Morgan fingerprint density at radius 2 is 1.71 bits per heavy atom. The Bertz CT molecular complexity index is 549. The number of hydrogen-bond acceptors (Lipinski definition) is 3. The summed E-state index contributed by atoms with van der Waals surface area (Å²) in [5.41, 5.74) is 0.488. The molecular weight excluding hydrogens is 272 g/mol. The number of carboxylic acid groups (broad SMARTS) is 1. The maximum absolute atomic E-state index is 11.9. The van der Waals surface area contributed by atoms with Gasteiger partial charge in [0.25, 0.3) is 0 Å². The number of nitrogens with one attached hydrogen (secondary N) is 1. The predicted octanol–water partition coefficient (Wildman–Crippen LogP) is 2.17. The molecule has 1 aromatic rings. The lowest BCUT2D eigenvalue weighted by molar-refractivity contribution is -0.149. The van der Waals surface area contributed by atoms with Gasteiger partial charge in [-0.1, -0.05) is 17.7 Å². The number of hydrogen-bond donors (Lipinski definition) is 2. The van der Waals surface area contributed by atoms with Gasteiger partial charge in [-0.3, -0.25) is 19.8 Å². The number of carbonyl (C=O) groups is 3. The van der Waals surface area contributed by atoms with Crippen LogP contribution in [-0.4, -0.2) is 30.1 Å². The van der Waals surface area contributed by atoms with E-state index in [1.807, 2.05) is 19.1 Å². The number of aliphatic carboxylic acids is 1. The third-order valence-corrected chi connectivity index (χ3v) is 3.15. The van der Waals surface area contributed by atoms with Crippen molar-refractivity contribution in [2.75, 3.05) is 11.9 Å². The van der Waals surface area contributed by atoms with Crippen LogP contribution in [0.25, 0.3) is 0 Å². The Morgan fingerprint density at radius 1 is 1.19 bits per heavy atom. The molecule has 3 amide bonds. The summed E-state index contributed by atoms with van der Waals surface area (Å²) < 4.78 is 0. The Labute approximate surface area is 123 Å². The Balaban J connectivity index is 2.66. The Morgan fingerprint density at radius 3 is 2.19 bits per heavy atom. The Kier molecular flexibility index (Phi) is 5.07. The van der Waals surface area contributed by atoms with Gasteiger partial charge in [0.1, 0.15) is 0 Å². The lowest BCUT2D eigenvalue weighted by Crippen LogP contribution is -2.43. The molecule has 0 atom stereocenters. The third-order valence-electron chi connectivity index (χ3n) is 3.15. The molecule has 2 N–H and O–H groups in total. The topological polar surface area (TPSA) is 86.7 Å². The van der Waals surface area contributed by atoms with Crippen LogP contribution in [0, 0.1) is 12.3 Å². The zero-order valence-electron chi connectivity index (χ0n) is 12.6. The molecule has 0 aromatic heterocycles. The summed E-state index contributed by atoms with van der Waals surface area (Å²) in [6.45, 7) is 4.80. The van der Waals surface area contributed by atoms with E-state index in [-0.39, 0.29) is 6.42 Å². The van der Waals surface area contributed by atoms with E-state index in [9.17, 15) is 14.4 Å². The van der Waals surface area contributed by atoms with Crippen LogP contribution in [0.1, 0.15) is 25.8 Å². The minimum atomic E-state index is -1.22. The second-order valence-corrected chi connectivity index (χ2v) is 5.61. The van der Waals surface area contributed by atoms with Crippen LogP contribution < -0.4 is 10.2 Å². The van der Waals surface area contributed by atoms with Crippen LogP contribution in [0.2, 0.25) is 0 Å². The molecule has 0 unspecified atom stereocenters. The summed E-state index contributed by atoms with van der Waals surface area (Å²) in [6, 6.07) is 6.65. The van der Waals surface area contributed by atoms with Crippen LogP contribution in [0.4, 0.5) is 10.5 Å². The molecular formula is C15H20N2O4. The minimum absolute atomic E-state index is 0.268. The van der Waals surface area contributed by atoms with Gasteiger partial charge in [-0.2, -0.15) is 0 Å². The van der Waals surface area contributed by atoms with E-state index in [0.717, 1.165) is 5.56 Å². The van der Waals surface area contributed by atoms with Gasteiger partial charge >= 0.3 is 12.0 Å². The predicted molar refractivity (Wildman–Crippen MR) is 79.2 cm³/mol. The van der Waals surface area contributed by atoms with Crippen molar-refractivity contribution in [1.29, 1.82) is 0 Å². The zero-order chi connectivity index (χ0) is 16.2. The van der Waals surface area contributed by atoms with Crippen LogP contribution in [0.3, 0.4) is 0 Å². The SMILES string of the molecule is Cc1ccc(N(C)C(=O)NC(=O)CC(C)(C)C(=O)O)cc1. The number of nitrogens with zero attached hydrogens (tertiary/aromatic N) is 1. The van der Waals surface area contributed by atoms with E-state index in [2.05, 4.69) is 5.32 Å². The average Bonchev–Trinajstić information content (AvgIpc) is 2.37. The molecule has 21 heavy (non-hydrogen) atoms. The first-order valence-electron chi connectivity index (χ1n) is 6.51. The van der Waals surface area contributed by atoms with Crippen molar-refractivity contribution in [3.05, 3.63) is 29.8 Å². The van der Waals surface area contributed by atoms with Crippen molar-refractivity contribution in [3.8, 4) is 0 Å². The third kappa shape index (κ3) is 4.59. The first-order valence-corrected chi connectivity index (χ1v) is 6.51. The fourth-order valence-corrected chi connectivity index (χ4v) is 1.61. The van der Waals surface area contributed by atoms with Crippen molar-refractivity contribution >= 4 is 23.6 Å². The van der Waals surface area contributed by atoms with Gasteiger partial charge in [-0.05, 0) is 32.9 Å². The van der Waals surface area contributed by atoms with E-state index in [0.29, 0.717) is 5.69 Å². The maximum atomic E-state index is 11.9. The second kappa shape index (κ2) is 6.39. The number of rotatable bonds is 4. The maximum Gasteiger partial charge on any atom is 0.328 e. The van der Waals surface area contributed by atoms with Gasteiger partial charge in [-0.15, -0.1) is 0 Å². The molecule has 6 heteroatoms. The summed E-state index contributed by atoms with van der Waals surface area (Å²) in [6.07, 6.45) is -0.268. The van der Waals surface area contributed by atoms with Gasteiger partial charge < -0.3 is 5.11 Å². The van der Waals surface area contributed by atoms with E-state index >= 15 is 0 Å². The number of carbonyl (C=O) groups excluding carboxylic acids is 2. The zero-order valence-corrected chi connectivity index (χ0v) is 12.6. The molecule has 0 aliphatic carbocycles. The van der Waals surface area contributed by atoms with Crippen molar-refractivity contribution < 1.29 is 19.5 Å². The summed E-state index contributed by atoms with van der Waals surface area (Å²) in [5, 5.41) is 11.2. The molecule has 0 aliphatic heterocycles. The minimum Gasteiger partial charge on any atom is -0.481 e. The molecule has 114 valence electrons. The van der Waals surface area contributed by atoms with E-state index in [4.69, 9.17) is 5.11 Å². The number of anilines is 1. The molecule has 1 rings (SSSR count). The summed E-state index contributed by atoms with van der Waals surface area (Å²) in [5.74, 6) is -1.71. The van der Waals surface area contributed by atoms with Crippen molar-refractivity contribution in [3.63, 3.8) is 0 Å². The summed E-state index contributed by atoms with van der Waals surface area (Å²) >= 11 is 0. The quantitative estimate of drug-likeness (QED) is 0.890. The number of carboxylic acids is 1. The standard InChI is InChI=1S/C15H20N2O4/c1-10-5-7-11(8-6-10)17(4)14(21)16-12(18)9-15(2,3)13(19)20/h5-8H,9H2,1-4H3,(H,19,20)(H,16,18,21). The molecule has 0 fully saturated rings. The molecule has 0 spiro atoms. The summed E-state index contributed by atoms with van der Waals surface area (Å²) in [4.78, 5) is 35.9. The fraction of sp³-hybridized carbons (Fsp3) is 0.400. The van der Waals surface area contributed by atoms with Gasteiger partial charge in [0.15, 0.2) is 0 Å². The monoisotopic (exact) mass is 292 g/mol. The molecule has 0 radical (unpaired) electrons. The van der Waals surface area contributed by atoms with Crippen molar-refractivity contribution in [1.82, 2.24) is 5.32 Å². The van der Waals surface area contributed by atoms with Crippen LogP contribution in [0.5, 0.6) is 0 Å². The van der Waals surface area contributed by atoms with Crippen molar-refractivity contribution in [2.45, 2.75) is 27.2 Å². The van der Waals surface area contributed by atoms with Crippen molar-refractivity contribution in [2.24, 2.45) is 5.41 Å². The highest BCUT2D eigenvalue weighted by Gasteiger charge is 2.31. The lowest BCUT2D eigenvalue weighted by atomic mass is 9.89. The average molecular weight is 292 g/mol. The number of imide groups is 1. The Hall–Kier alpha value is -2.37. The highest BCUT2D eigenvalue weighted by atomic mass is 16.4. The van der Waals surface area contributed by atoms with E-state index < -0.39 is 23.3 Å². The second-order valence-electron chi connectivity index (χ2n) is 5.61. The fourth-order valence-electron chi connectivity index (χ4n) is 1.61. The van der Waals surface area contributed by atoms with Crippen LogP contribution >= 0.6 is 0 Å². The van der Waals surface area contributed by atoms with Gasteiger partial charge in [-0.25, -0.2) is 4.79 Å². The molecule has 0 bridgehead atoms. The first-order chi connectivity index (χ1) is 9.63. The molecule has 0 heterocycles. The number of urea groups is 1. The van der Waals surface area contributed by atoms with Crippen LogP contribution in [0.15, 0.2) is 24.3 Å². The van der Waals surface area contributed by atoms with Gasteiger partial charge in [0.2, 0.25) is 5.91 Å². The number of aryl methyl sites for hydroxylation is 1. The molecule has 0 aliphatic rings. The number of amides is 3. The van der Waals surface area contributed by atoms with Gasteiger partial charge in [0, 0.05) is 19.2 Å². The highest BCUT2D eigenvalue weighted by Crippen LogP contribution is 2.20. The molecule has 1 aromatic carbocycles. The highest BCUT2D eigenvalue weighted by molar-refractivity contribution is 6.03. The normalized spacial score (nSPS) is 10.9. The van der Waals surface area contributed by atoms with E-state index in [1.54, 1.807) is 12.1 Å². The largest absolute Gasteiger partial charge is 0.481 e. The lowest BCUT2D eigenvalue weighted by Gasteiger charge is -2.20. The number of benzene rings is 1. The van der Waals surface area contributed by atoms with E-state index in [1.165, 1.54) is 25.8 Å². The van der Waals surface area contributed by atoms with Gasteiger partial charge in [0.05, 0.1) is 5.41 Å².